The molecule has 5 N–H and O–H groups in total. The Bertz CT molecular complexity index is 450. The average Bonchev–Trinajstić information content (AvgIpc) is 2.38. The van der Waals surface area contributed by atoms with E-state index < -0.39 is 23.8 Å². The smallest absolute Gasteiger partial charge is 0.235 e. The minimum atomic E-state index is -1.01. The molecule has 0 bridgehead atoms. The van der Waals surface area contributed by atoms with Gasteiger partial charge in [0.05, 0.1) is 12.2 Å². The van der Waals surface area contributed by atoms with Gasteiger partial charge >= 0.3 is 0 Å². The summed E-state index contributed by atoms with van der Waals surface area (Å²) >= 11 is 0. The maximum absolute atomic E-state index is 11.1. The first-order valence-electron chi connectivity index (χ1n) is 5.67. The van der Waals surface area contributed by atoms with Gasteiger partial charge in [-0.05, 0) is 11.1 Å². The first kappa shape index (κ1) is 14.2. The molecule has 3 atom stereocenters. The van der Waals surface area contributed by atoms with E-state index in [-0.39, 0.29) is 0 Å². The van der Waals surface area contributed by atoms with E-state index in [9.17, 15) is 9.90 Å². The Morgan fingerprint density at radius 3 is 2.39 bits per heavy atom. The summed E-state index contributed by atoms with van der Waals surface area (Å²) in [4.78, 5) is 11.1. The number of aliphatic hydroxyl groups is 1. The monoisotopic (exact) mass is 247 g/mol. The van der Waals surface area contributed by atoms with Crippen LogP contribution in [0.3, 0.4) is 0 Å². The van der Waals surface area contributed by atoms with Crippen LogP contribution in [0.15, 0.2) is 24.3 Å². The molecule has 1 aromatic carbocycles. The lowest BCUT2D eigenvalue weighted by molar-refractivity contribution is -0.122. The van der Waals surface area contributed by atoms with Crippen LogP contribution in [0, 0.1) is 23.2 Å². The molecule has 0 aromatic heterocycles. The van der Waals surface area contributed by atoms with Gasteiger partial charge in [0, 0.05) is 12.5 Å². The topological polar surface area (TPSA) is 113 Å². The minimum Gasteiger partial charge on any atom is -0.388 e. The largest absolute Gasteiger partial charge is 0.388 e. The number of nitrogens with two attached hydrogens (primary N) is 2. The van der Waals surface area contributed by atoms with Gasteiger partial charge in [-0.25, -0.2) is 0 Å². The lowest BCUT2D eigenvalue weighted by atomic mass is 9.86. The Balaban J connectivity index is 2.88. The molecule has 0 aliphatic rings. The van der Waals surface area contributed by atoms with Crippen LogP contribution in [0.2, 0.25) is 0 Å². The predicted molar refractivity (Wildman–Crippen MR) is 66.8 cm³/mol. The van der Waals surface area contributed by atoms with Gasteiger partial charge in [-0.15, -0.1) is 0 Å². The lowest BCUT2D eigenvalue weighted by Crippen LogP contribution is -2.30. The van der Waals surface area contributed by atoms with Crippen LogP contribution in [-0.2, 0) is 11.3 Å². The number of carbonyl (C=O) groups is 1. The Morgan fingerprint density at radius 2 is 2.00 bits per heavy atom. The molecular formula is C13H17N3O2. The highest BCUT2D eigenvalue weighted by molar-refractivity contribution is 5.79. The van der Waals surface area contributed by atoms with E-state index >= 15 is 0 Å². The molecule has 0 saturated carbocycles. The Labute approximate surface area is 106 Å². The molecule has 0 aliphatic heterocycles. The van der Waals surface area contributed by atoms with Crippen LogP contribution < -0.4 is 11.5 Å². The minimum absolute atomic E-state index is 0.425. The third-order valence-corrected chi connectivity index (χ3v) is 3.03. The summed E-state index contributed by atoms with van der Waals surface area (Å²) in [6, 6.07) is 8.89. The molecule has 0 saturated heterocycles. The van der Waals surface area contributed by atoms with Crippen molar-refractivity contribution in [3.8, 4) is 6.07 Å². The summed E-state index contributed by atoms with van der Waals surface area (Å²) in [5, 5.41) is 19.0. The van der Waals surface area contributed by atoms with Gasteiger partial charge in [-0.1, -0.05) is 31.2 Å². The number of nitriles is 1. The van der Waals surface area contributed by atoms with Crippen LogP contribution in [-0.4, -0.2) is 11.0 Å². The number of hydrogen-bond donors (Lipinski definition) is 3. The number of nitrogens with zero attached hydrogens (tertiary/aromatic N) is 1. The number of hydrogen-bond acceptors (Lipinski definition) is 4. The highest BCUT2D eigenvalue weighted by Gasteiger charge is 2.29. The summed E-state index contributed by atoms with van der Waals surface area (Å²) < 4.78 is 0. The second kappa shape index (κ2) is 6.15. The maximum Gasteiger partial charge on any atom is 0.235 e. The molecule has 5 nitrogen and oxygen atoms in total. The summed E-state index contributed by atoms with van der Waals surface area (Å²) in [7, 11) is 0. The summed E-state index contributed by atoms with van der Waals surface area (Å²) in [5.74, 6) is -2.28. The maximum atomic E-state index is 11.1. The van der Waals surface area contributed by atoms with Crippen molar-refractivity contribution < 1.29 is 9.90 Å². The van der Waals surface area contributed by atoms with Crippen molar-refractivity contribution in [3.05, 3.63) is 35.4 Å². The van der Waals surface area contributed by atoms with Gasteiger partial charge in [0.2, 0.25) is 5.91 Å². The number of rotatable bonds is 5. The average molecular weight is 247 g/mol. The summed E-state index contributed by atoms with van der Waals surface area (Å²) in [6.45, 7) is 2.05. The van der Waals surface area contributed by atoms with Gasteiger partial charge in [0.25, 0.3) is 0 Å². The summed E-state index contributed by atoms with van der Waals surface area (Å²) in [6.07, 6.45) is -0.908. The SMILES string of the molecule is C[C@@H](C(C#N)C(N)=O)C(O)c1ccc(CN)cc1. The molecule has 5 heteroatoms. The number of carbonyl (C=O) groups excluding carboxylic acids is 1. The van der Waals surface area contributed by atoms with Crippen molar-refractivity contribution in [2.45, 2.75) is 19.6 Å². The molecule has 96 valence electrons. The molecule has 2 unspecified atom stereocenters. The molecular weight excluding hydrogens is 230 g/mol. The van der Waals surface area contributed by atoms with Crippen molar-refractivity contribution in [1.29, 1.82) is 5.26 Å². The van der Waals surface area contributed by atoms with Crippen molar-refractivity contribution in [1.82, 2.24) is 0 Å². The van der Waals surface area contributed by atoms with E-state index in [0.717, 1.165) is 5.56 Å². The number of aliphatic hydroxyl groups excluding tert-OH is 1. The van der Waals surface area contributed by atoms with Crippen LogP contribution in [0.4, 0.5) is 0 Å². The zero-order chi connectivity index (χ0) is 13.7. The highest BCUT2D eigenvalue weighted by Crippen LogP contribution is 2.27. The second-order valence-corrected chi connectivity index (χ2v) is 4.26. The number of benzene rings is 1. The molecule has 0 aliphatic carbocycles. The van der Waals surface area contributed by atoms with Crippen LogP contribution in [0.1, 0.15) is 24.2 Å². The van der Waals surface area contributed by atoms with Crippen LogP contribution >= 0.6 is 0 Å². The molecule has 1 aromatic rings. The summed E-state index contributed by atoms with van der Waals surface area (Å²) in [5.41, 5.74) is 12.2. The third kappa shape index (κ3) is 3.06. The normalized spacial score (nSPS) is 15.4. The van der Waals surface area contributed by atoms with E-state index in [1.807, 2.05) is 6.07 Å². The zero-order valence-corrected chi connectivity index (χ0v) is 10.2. The molecule has 18 heavy (non-hydrogen) atoms. The fraction of sp³-hybridized carbons (Fsp3) is 0.385. The number of amides is 1. The van der Waals surface area contributed by atoms with Crippen molar-refractivity contribution in [2.75, 3.05) is 0 Å². The number of primary amides is 1. The quantitative estimate of drug-likeness (QED) is 0.700. The van der Waals surface area contributed by atoms with Crippen molar-refractivity contribution in [3.63, 3.8) is 0 Å². The van der Waals surface area contributed by atoms with E-state index in [4.69, 9.17) is 16.7 Å². The molecule has 1 rings (SSSR count). The lowest BCUT2D eigenvalue weighted by Gasteiger charge is -2.21. The van der Waals surface area contributed by atoms with Gasteiger partial charge < -0.3 is 16.6 Å². The Morgan fingerprint density at radius 1 is 1.44 bits per heavy atom. The Hall–Kier alpha value is -1.90. The van der Waals surface area contributed by atoms with Crippen LogP contribution in [0.5, 0.6) is 0 Å². The highest BCUT2D eigenvalue weighted by atomic mass is 16.3. The first-order chi connectivity index (χ1) is 8.51. The van der Waals surface area contributed by atoms with Gasteiger partial charge in [0.1, 0.15) is 5.92 Å². The fourth-order valence-corrected chi connectivity index (χ4v) is 1.78. The van der Waals surface area contributed by atoms with E-state index in [0.29, 0.717) is 12.1 Å². The van der Waals surface area contributed by atoms with Gasteiger partial charge in [-0.3, -0.25) is 4.79 Å². The predicted octanol–water partition coefficient (Wildman–Crippen LogP) is 0.440. The first-order valence-corrected chi connectivity index (χ1v) is 5.67. The van der Waals surface area contributed by atoms with Crippen molar-refractivity contribution in [2.24, 2.45) is 23.3 Å². The Kier molecular flexibility index (Phi) is 4.84. The molecule has 0 heterocycles. The van der Waals surface area contributed by atoms with E-state index in [1.54, 1.807) is 31.2 Å². The zero-order valence-electron chi connectivity index (χ0n) is 10.2. The molecule has 0 spiro atoms. The fourth-order valence-electron chi connectivity index (χ4n) is 1.78. The standard InChI is InChI=1S/C13H17N3O2/c1-8(11(7-15)13(16)18)12(17)10-4-2-9(6-14)3-5-10/h2-5,8,11-12,17H,6,14H2,1H3,(H2,16,18)/t8-,11?,12?/m0/s1. The van der Waals surface area contributed by atoms with Crippen molar-refractivity contribution >= 4 is 5.91 Å². The molecule has 0 radical (unpaired) electrons. The van der Waals surface area contributed by atoms with Crippen LogP contribution in [0.25, 0.3) is 0 Å². The second-order valence-electron chi connectivity index (χ2n) is 4.26. The van der Waals surface area contributed by atoms with Gasteiger partial charge in [-0.2, -0.15) is 5.26 Å². The molecule has 0 fully saturated rings. The van der Waals surface area contributed by atoms with E-state index in [1.165, 1.54) is 0 Å². The molecule has 1 amide bonds. The van der Waals surface area contributed by atoms with E-state index in [2.05, 4.69) is 0 Å². The third-order valence-electron chi connectivity index (χ3n) is 3.03. The van der Waals surface area contributed by atoms with Gasteiger partial charge in [0.15, 0.2) is 0 Å².